The minimum absolute atomic E-state index is 0.0120. The number of anilines is 2. The second-order valence-corrected chi connectivity index (χ2v) is 8.81. The molecule has 0 radical (unpaired) electrons. The number of nitrogens with zero attached hydrogens (tertiary/aromatic N) is 4. The van der Waals surface area contributed by atoms with E-state index in [1.54, 1.807) is 17.3 Å². The standard InChI is InChI=1S/C21H20ClN5OS/c1-23-16-6-7-26(12-16)21-24-9-17(10-25-21)27-11-14-8-18(29-19(14)20(27)28)13-2-4-15(22)5-3-13/h2-5,8-10,16,23H,6-7,11-12H2,1H3/t16-/m0/s1. The second kappa shape index (κ2) is 7.40. The van der Waals surface area contributed by atoms with Gasteiger partial charge in [0.2, 0.25) is 5.95 Å². The van der Waals surface area contributed by atoms with Crippen LogP contribution in [0.4, 0.5) is 11.6 Å². The molecule has 1 atom stereocenters. The number of thiophene rings is 1. The Morgan fingerprint density at radius 2 is 1.97 bits per heavy atom. The molecule has 1 amide bonds. The van der Waals surface area contributed by atoms with E-state index in [9.17, 15) is 4.79 Å². The van der Waals surface area contributed by atoms with Crippen molar-refractivity contribution in [3.8, 4) is 10.4 Å². The van der Waals surface area contributed by atoms with Gasteiger partial charge >= 0.3 is 0 Å². The van der Waals surface area contributed by atoms with Crippen molar-refractivity contribution in [3.63, 3.8) is 0 Å². The summed E-state index contributed by atoms with van der Waals surface area (Å²) in [6, 6.07) is 10.3. The van der Waals surface area contributed by atoms with Crippen LogP contribution in [0.2, 0.25) is 5.02 Å². The molecule has 8 heteroatoms. The number of hydrogen-bond acceptors (Lipinski definition) is 6. The number of fused-ring (bicyclic) bond motifs is 1. The first-order chi connectivity index (χ1) is 14.1. The number of carbonyl (C=O) groups excluding carboxylic acids is 1. The van der Waals surface area contributed by atoms with Crippen LogP contribution in [0.15, 0.2) is 42.7 Å². The van der Waals surface area contributed by atoms with E-state index in [2.05, 4.69) is 26.3 Å². The molecule has 0 spiro atoms. The number of hydrogen-bond donors (Lipinski definition) is 1. The zero-order chi connectivity index (χ0) is 20.0. The predicted octanol–water partition coefficient (Wildman–Crippen LogP) is 3.82. The van der Waals surface area contributed by atoms with E-state index in [0.29, 0.717) is 17.6 Å². The zero-order valence-electron chi connectivity index (χ0n) is 15.9. The minimum Gasteiger partial charge on any atom is -0.339 e. The van der Waals surface area contributed by atoms with Gasteiger partial charge in [-0.3, -0.25) is 4.79 Å². The predicted molar refractivity (Wildman–Crippen MR) is 117 cm³/mol. The number of likely N-dealkylation sites (N-methyl/N-ethyl adjacent to an activating group) is 1. The molecule has 4 heterocycles. The summed E-state index contributed by atoms with van der Waals surface area (Å²) in [6.45, 7) is 2.40. The molecule has 148 valence electrons. The van der Waals surface area contributed by atoms with Crippen molar-refractivity contribution >= 4 is 40.5 Å². The smallest absolute Gasteiger partial charge is 0.269 e. The lowest BCUT2D eigenvalue weighted by atomic mass is 10.1. The van der Waals surface area contributed by atoms with Gasteiger partial charge in [-0.25, -0.2) is 9.97 Å². The van der Waals surface area contributed by atoms with E-state index in [-0.39, 0.29) is 5.91 Å². The Kier molecular flexibility index (Phi) is 4.73. The summed E-state index contributed by atoms with van der Waals surface area (Å²) in [5, 5.41) is 4.00. The quantitative estimate of drug-likeness (QED) is 0.688. The summed E-state index contributed by atoms with van der Waals surface area (Å²) in [6.07, 6.45) is 4.59. The normalized spacial score (nSPS) is 18.6. The molecule has 3 aromatic rings. The number of halogens is 1. The summed E-state index contributed by atoms with van der Waals surface area (Å²) >= 11 is 7.50. The summed E-state index contributed by atoms with van der Waals surface area (Å²) in [5.41, 5.74) is 2.86. The molecular weight excluding hydrogens is 406 g/mol. The number of nitrogens with one attached hydrogen (secondary N) is 1. The van der Waals surface area contributed by atoms with Crippen LogP contribution in [0.5, 0.6) is 0 Å². The number of benzene rings is 1. The van der Waals surface area contributed by atoms with Gasteiger partial charge in [0.05, 0.1) is 29.5 Å². The molecular formula is C21H20ClN5OS. The topological polar surface area (TPSA) is 61.4 Å². The molecule has 0 bridgehead atoms. The molecule has 5 rings (SSSR count). The van der Waals surface area contributed by atoms with E-state index >= 15 is 0 Å². The molecule has 1 N–H and O–H groups in total. The third-order valence-corrected chi connectivity index (χ3v) is 6.99. The lowest BCUT2D eigenvalue weighted by molar-refractivity contribution is 0.1000. The van der Waals surface area contributed by atoms with Gasteiger partial charge < -0.3 is 15.1 Å². The van der Waals surface area contributed by atoms with Gasteiger partial charge in [0.15, 0.2) is 0 Å². The van der Waals surface area contributed by atoms with Crippen molar-refractivity contribution in [3.05, 3.63) is 58.2 Å². The molecule has 1 saturated heterocycles. The number of amides is 1. The van der Waals surface area contributed by atoms with Gasteiger partial charge in [-0.05, 0) is 42.8 Å². The second-order valence-electron chi connectivity index (χ2n) is 7.32. The fourth-order valence-electron chi connectivity index (χ4n) is 3.85. The fraction of sp³-hybridized carbons (Fsp3) is 0.286. The molecule has 0 unspecified atom stereocenters. The first-order valence-corrected chi connectivity index (χ1v) is 10.8. The highest BCUT2D eigenvalue weighted by Crippen LogP contribution is 2.38. The molecule has 2 aliphatic rings. The molecule has 1 fully saturated rings. The van der Waals surface area contributed by atoms with Crippen LogP contribution < -0.4 is 15.1 Å². The Morgan fingerprint density at radius 3 is 2.62 bits per heavy atom. The van der Waals surface area contributed by atoms with Crippen LogP contribution in [0.25, 0.3) is 10.4 Å². The van der Waals surface area contributed by atoms with Crippen molar-refractivity contribution in [1.29, 1.82) is 0 Å². The maximum absolute atomic E-state index is 13.0. The maximum Gasteiger partial charge on any atom is 0.269 e. The number of carbonyl (C=O) groups is 1. The summed E-state index contributed by atoms with van der Waals surface area (Å²) < 4.78 is 0. The van der Waals surface area contributed by atoms with Crippen LogP contribution in [0.3, 0.4) is 0 Å². The van der Waals surface area contributed by atoms with Gasteiger partial charge in [0.1, 0.15) is 0 Å². The van der Waals surface area contributed by atoms with E-state index in [0.717, 1.165) is 52.0 Å². The van der Waals surface area contributed by atoms with Crippen LogP contribution in [-0.4, -0.2) is 42.1 Å². The average molecular weight is 426 g/mol. The molecule has 2 aromatic heterocycles. The van der Waals surface area contributed by atoms with Crippen molar-refractivity contribution in [1.82, 2.24) is 15.3 Å². The SMILES string of the molecule is CN[C@H]1CCN(c2ncc(N3Cc4cc(-c5ccc(Cl)cc5)sc4C3=O)cn2)C1. The lowest BCUT2D eigenvalue weighted by Gasteiger charge is -2.19. The first-order valence-electron chi connectivity index (χ1n) is 9.57. The Hall–Kier alpha value is -2.48. The van der Waals surface area contributed by atoms with Gasteiger partial charge in [-0.15, -0.1) is 11.3 Å². The molecule has 29 heavy (non-hydrogen) atoms. The molecule has 6 nitrogen and oxygen atoms in total. The van der Waals surface area contributed by atoms with Crippen molar-refractivity contribution in [2.75, 3.05) is 29.9 Å². The number of rotatable bonds is 4. The summed E-state index contributed by atoms with van der Waals surface area (Å²) in [7, 11) is 1.98. The fourth-order valence-corrected chi connectivity index (χ4v) is 5.10. The van der Waals surface area contributed by atoms with Gasteiger partial charge in [0, 0.05) is 29.0 Å². The average Bonchev–Trinajstić information content (AvgIpc) is 3.45. The summed E-state index contributed by atoms with van der Waals surface area (Å²) in [5.74, 6) is 0.732. The Morgan fingerprint density at radius 1 is 1.21 bits per heavy atom. The van der Waals surface area contributed by atoms with Gasteiger partial charge in [0.25, 0.3) is 5.91 Å². The highest BCUT2D eigenvalue weighted by Gasteiger charge is 2.32. The molecule has 0 saturated carbocycles. The zero-order valence-corrected chi connectivity index (χ0v) is 17.5. The Bertz CT molecular complexity index is 1050. The third kappa shape index (κ3) is 3.39. The minimum atomic E-state index is 0.0120. The molecule has 0 aliphatic carbocycles. The highest BCUT2D eigenvalue weighted by molar-refractivity contribution is 7.17. The molecule has 2 aliphatic heterocycles. The van der Waals surface area contributed by atoms with Gasteiger partial charge in [-0.1, -0.05) is 23.7 Å². The largest absolute Gasteiger partial charge is 0.339 e. The third-order valence-electron chi connectivity index (χ3n) is 5.52. The lowest BCUT2D eigenvalue weighted by Crippen LogP contribution is -2.30. The van der Waals surface area contributed by atoms with Gasteiger partial charge in [-0.2, -0.15) is 0 Å². The maximum atomic E-state index is 13.0. The van der Waals surface area contributed by atoms with Crippen LogP contribution in [0, 0.1) is 0 Å². The Labute approximate surface area is 178 Å². The van der Waals surface area contributed by atoms with Crippen LogP contribution >= 0.6 is 22.9 Å². The van der Waals surface area contributed by atoms with Crippen molar-refractivity contribution < 1.29 is 4.79 Å². The van der Waals surface area contributed by atoms with E-state index in [4.69, 9.17) is 11.6 Å². The summed E-state index contributed by atoms with van der Waals surface area (Å²) in [4.78, 5) is 27.8. The monoisotopic (exact) mass is 425 g/mol. The van der Waals surface area contributed by atoms with Crippen LogP contribution in [-0.2, 0) is 6.54 Å². The van der Waals surface area contributed by atoms with Crippen LogP contribution in [0.1, 0.15) is 21.7 Å². The van der Waals surface area contributed by atoms with E-state index in [1.807, 2.05) is 31.3 Å². The van der Waals surface area contributed by atoms with Crippen molar-refractivity contribution in [2.45, 2.75) is 19.0 Å². The highest BCUT2D eigenvalue weighted by atomic mass is 35.5. The molecule has 1 aromatic carbocycles. The van der Waals surface area contributed by atoms with E-state index in [1.165, 1.54) is 11.3 Å². The number of aromatic nitrogens is 2. The van der Waals surface area contributed by atoms with Crippen molar-refractivity contribution in [2.24, 2.45) is 0 Å². The first kappa shape index (κ1) is 18.5. The Balaban J connectivity index is 1.33. The van der Waals surface area contributed by atoms with E-state index < -0.39 is 0 Å².